The number of nitrogens with zero attached hydrogens (tertiary/aromatic N) is 2. The molecule has 2 aromatic rings. The number of hydrogen-bond acceptors (Lipinski definition) is 2. The maximum Gasteiger partial charge on any atom is 0.258 e. The zero-order chi connectivity index (χ0) is 15.7. The minimum Gasteiger partial charge on any atom is -0.313 e. The molecule has 0 fully saturated rings. The molecule has 5 heteroatoms. The molecule has 1 heterocycles. The zero-order valence-corrected chi connectivity index (χ0v) is 12.9. The minimum absolute atomic E-state index is 0.0353. The van der Waals surface area contributed by atoms with Crippen LogP contribution in [0.3, 0.4) is 0 Å². The van der Waals surface area contributed by atoms with E-state index in [0.29, 0.717) is 28.5 Å². The van der Waals surface area contributed by atoms with Gasteiger partial charge in [-0.3, -0.25) is 9.59 Å². The average Bonchev–Trinajstić information content (AvgIpc) is 2.67. The van der Waals surface area contributed by atoms with Crippen molar-refractivity contribution in [3.05, 3.63) is 59.1 Å². The van der Waals surface area contributed by atoms with E-state index in [4.69, 9.17) is 11.6 Å². The van der Waals surface area contributed by atoms with Crippen LogP contribution < -0.4 is 9.80 Å². The Bertz CT molecular complexity index is 731. The Kier molecular flexibility index (Phi) is 3.86. The van der Waals surface area contributed by atoms with Gasteiger partial charge in [0.15, 0.2) is 0 Å². The van der Waals surface area contributed by atoms with Gasteiger partial charge < -0.3 is 9.80 Å². The van der Waals surface area contributed by atoms with Crippen molar-refractivity contribution in [3.63, 3.8) is 0 Å². The van der Waals surface area contributed by atoms with Crippen molar-refractivity contribution >= 4 is 34.8 Å². The number of benzene rings is 2. The van der Waals surface area contributed by atoms with E-state index in [1.807, 2.05) is 18.2 Å². The van der Waals surface area contributed by atoms with Crippen LogP contribution in [-0.4, -0.2) is 25.4 Å². The second-order valence-electron chi connectivity index (χ2n) is 5.13. The molecule has 0 radical (unpaired) electrons. The number of rotatable bonds is 1. The summed E-state index contributed by atoms with van der Waals surface area (Å²) in [6, 6.07) is 14.3. The number of halogens is 1. The first kappa shape index (κ1) is 14.6. The fourth-order valence-corrected chi connectivity index (χ4v) is 2.87. The van der Waals surface area contributed by atoms with E-state index in [2.05, 4.69) is 0 Å². The lowest BCUT2D eigenvalue weighted by Gasteiger charge is -2.24. The molecule has 1 aliphatic heterocycles. The molecular formula is C17H15ClN2O2. The molecule has 0 atom stereocenters. The fraction of sp³-hybridized carbons (Fsp3) is 0.176. The highest BCUT2D eigenvalue weighted by atomic mass is 35.5. The Morgan fingerprint density at radius 3 is 2.55 bits per heavy atom. The molecule has 0 unspecified atom stereocenters. The Hall–Kier alpha value is -2.33. The Morgan fingerprint density at radius 2 is 1.82 bits per heavy atom. The quantitative estimate of drug-likeness (QED) is 0.810. The van der Waals surface area contributed by atoms with Gasteiger partial charge in [-0.05, 0) is 24.3 Å². The molecule has 0 spiro atoms. The summed E-state index contributed by atoms with van der Waals surface area (Å²) in [5, 5.41) is 0.461. The number of hydrogen-bond donors (Lipinski definition) is 0. The molecule has 1 aliphatic rings. The van der Waals surface area contributed by atoms with Crippen molar-refractivity contribution < 1.29 is 9.59 Å². The van der Waals surface area contributed by atoms with Crippen molar-refractivity contribution in [2.24, 2.45) is 0 Å². The van der Waals surface area contributed by atoms with Crippen molar-refractivity contribution in [3.8, 4) is 0 Å². The van der Waals surface area contributed by atoms with Gasteiger partial charge >= 0.3 is 0 Å². The van der Waals surface area contributed by atoms with Gasteiger partial charge in [0.05, 0.1) is 16.4 Å². The molecule has 4 nitrogen and oxygen atoms in total. The lowest BCUT2D eigenvalue weighted by Crippen LogP contribution is -2.32. The van der Waals surface area contributed by atoms with Crippen LogP contribution in [0.1, 0.15) is 16.8 Å². The highest BCUT2D eigenvalue weighted by Crippen LogP contribution is 2.38. The minimum atomic E-state index is -0.155. The van der Waals surface area contributed by atoms with E-state index in [0.717, 1.165) is 0 Å². The standard InChI is InChI=1S/C17H15ClN2O2/c1-19-14-9-5-8-13(18)16(14)20(11-10-15(19)21)17(22)12-6-3-2-4-7-12/h2-9H,10-11H2,1H3. The number of carbonyl (C=O) groups is 2. The first-order chi connectivity index (χ1) is 10.6. The van der Waals surface area contributed by atoms with E-state index >= 15 is 0 Å². The largest absolute Gasteiger partial charge is 0.313 e. The van der Waals surface area contributed by atoms with Gasteiger partial charge in [0.2, 0.25) is 5.91 Å². The third-order valence-corrected chi connectivity index (χ3v) is 4.09. The highest BCUT2D eigenvalue weighted by molar-refractivity contribution is 6.35. The summed E-state index contributed by atoms with van der Waals surface area (Å²) in [5.74, 6) is -0.190. The van der Waals surface area contributed by atoms with Gasteiger partial charge in [0, 0.05) is 25.6 Å². The van der Waals surface area contributed by atoms with Crippen molar-refractivity contribution in [2.45, 2.75) is 6.42 Å². The average molecular weight is 315 g/mol. The third kappa shape index (κ3) is 2.46. The summed E-state index contributed by atoms with van der Waals surface area (Å²) in [7, 11) is 1.70. The van der Waals surface area contributed by atoms with Gasteiger partial charge in [-0.15, -0.1) is 0 Å². The van der Waals surface area contributed by atoms with Gasteiger partial charge in [0.25, 0.3) is 5.91 Å². The van der Waals surface area contributed by atoms with E-state index in [1.54, 1.807) is 47.2 Å². The molecule has 0 saturated heterocycles. The summed E-state index contributed by atoms with van der Waals surface area (Å²) in [4.78, 5) is 28.1. The smallest absolute Gasteiger partial charge is 0.258 e. The highest BCUT2D eigenvalue weighted by Gasteiger charge is 2.29. The summed E-state index contributed by atoms with van der Waals surface area (Å²) in [6.45, 7) is 0.313. The van der Waals surface area contributed by atoms with Gasteiger partial charge in [-0.25, -0.2) is 0 Å². The van der Waals surface area contributed by atoms with E-state index in [9.17, 15) is 9.59 Å². The van der Waals surface area contributed by atoms with Crippen LogP contribution in [0.4, 0.5) is 11.4 Å². The lowest BCUT2D eigenvalue weighted by atomic mass is 10.1. The van der Waals surface area contributed by atoms with Crippen LogP contribution >= 0.6 is 11.6 Å². The number of para-hydroxylation sites is 1. The maximum absolute atomic E-state index is 12.8. The second kappa shape index (κ2) is 5.81. The predicted octanol–water partition coefficient (Wildman–Crippen LogP) is 3.35. The van der Waals surface area contributed by atoms with E-state index in [-0.39, 0.29) is 18.2 Å². The van der Waals surface area contributed by atoms with Crippen LogP contribution in [0.5, 0.6) is 0 Å². The topological polar surface area (TPSA) is 40.6 Å². The monoisotopic (exact) mass is 314 g/mol. The molecule has 0 bridgehead atoms. The van der Waals surface area contributed by atoms with Crippen LogP contribution in [-0.2, 0) is 4.79 Å². The Balaban J connectivity index is 2.11. The molecule has 0 N–H and O–H groups in total. The van der Waals surface area contributed by atoms with Gasteiger partial charge in [-0.2, -0.15) is 0 Å². The van der Waals surface area contributed by atoms with Crippen molar-refractivity contribution in [1.29, 1.82) is 0 Å². The third-order valence-electron chi connectivity index (χ3n) is 3.79. The van der Waals surface area contributed by atoms with Crippen LogP contribution in [0.15, 0.2) is 48.5 Å². The number of fused-ring (bicyclic) bond motifs is 1. The molecule has 2 amide bonds. The molecule has 0 aliphatic carbocycles. The summed E-state index contributed by atoms with van der Waals surface area (Å²) >= 11 is 6.32. The van der Waals surface area contributed by atoms with Crippen molar-refractivity contribution in [1.82, 2.24) is 0 Å². The summed E-state index contributed by atoms with van der Waals surface area (Å²) < 4.78 is 0. The van der Waals surface area contributed by atoms with E-state index < -0.39 is 0 Å². The molecule has 22 heavy (non-hydrogen) atoms. The van der Waals surface area contributed by atoms with Crippen molar-refractivity contribution in [2.75, 3.05) is 23.4 Å². The SMILES string of the molecule is CN1C(=O)CCN(C(=O)c2ccccc2)c2c(Cl)cccc21. The molecule has 0 saturated carbocycles. The van der Waals surface area contributed by atoms with Gasteiger partial charge in [0.1, 0.15) is 0 Å². The van der Waals surface area contributed by atoms with Gasteiger partial charge in [-0.1, -0.05) is 35.9 Å². The lowest BCUT2D eigenvalue weighted by molar-refractivity contribution is -0.118. The zero-order valence-electron chi connectivity index (χ0n) is 12.1. The van der Waals surface area contributed by atoms with Crippen LogP contribution in [0.2, 0.25) is 5.02 Å². The normalized spacial score (nSPS) is 14.5. The second-order valence-corrected chi connectivity index (χ2v) is 5.54. The maximum atomic E-state index is 12.8. The summed E-state index contributed by atoms with van der Waals surface area (Å²) in [6.07, 6.45) is 0.264. The Morgan fingerprint density at radius 1 is 1.09 bits per heavy atom. The van der Waals surface area contributed by atoms with Crippen LogP contribution in [0.25, 0.3) is 0 Å². The first-order valence-corrected chi connectivity index (χ1v) is 7.39. The molecule has 0 aromatic heterocycles. The summed E-state index contributed by atoms with van der Waals surface area (Å²) in [5.41, 5.74) is 1.82. The molecule has 3 rings (SSSR count). The molecule has 112 valence electrons. The molecule has 2 aromatic carbocycles. The predicted molar refractivity (Wildman–Crippen MR) is 87.6 cm³/mol. The first-order valence-electron chi connectivity index (χ1n) is 7.01. The Labute approximate surface area is 133 Å². The number of amides is 2. The van der Waals surface area contributed by atoms with Crippen LogP contribution in [0, 0.1) is 0 Å². The fourth-order valence-electron chi connectivity index (χ4n) is 2.60. The molecular weight excluding hydrogens is 300 g/mol. The van der Waals surface area contributed by atoms with E-state index in [1.165, 1.54) is 0 Å². The number of anilines is 2. The number of carbonyl (C=O) groups excluding carboxylic acids is 2.